The average Bonchev–Trinajstić information content (AvgIpc) is 3.36. The minimum absolute atomic E-state index is 0.0705. The fourth-order valence-corrected chi connectivity index (χ4v) is 2.63. The van der Waals surface area contributed by atoms with Gasteiger partial charge in [-0.3, -0.25) is 9.59 Å². The van der Waals surface area contributed by atoms with E-state index in [1.807, 2.05) is 31.2 Å². The lowest BCUT2D eigenvalue weighted by atomic mass is 10.1. The number of hydrogen-bond donors (Lipinski definition) is 1. The summed E-state index contributed by atoms with van der Waals surface area (Å²) < 4.78 is 5.68. The number of hydrogen-bond acceptors (Lipinski definition) is 3. The Morgan fingerprint density at radius 2 is 2.08 bits per heavy atom. The third-order valence-electron chi connectivity index (χ3n) is 4.24. The van der Waals surface area contributed by atoms with Crippen LogP contribution in [0.1, 0.15) is 44.6 Å². The standard InChI is InChI=1S/C19H27NO4/c1-14-6-5-7-17(12-14)24-11-4-3-8-18(21)20(16-9-10-16)13-15(2)19(22)23/h5-7,12,15-16H,3-4,8-11,13H2,1-2H3,(H,22,23). The molecule has 132 valence electrons. The van der Waals surface area contributed by atoms with E-state index < -0.39 is 11.9 Å². The summed E-state index contributed by atoms with van der Waals surface area (Å²) in [5.74, 6) is -0.434. The van der Waals surface area contributed by atoms with Crippen LogP contribution < -0.4 is 4.74 Å². The van der Waals surface area contributed by atoms with E-state index in [9.17, 15) is 9.59 Å². The monoisotopic (exact) mass is 333 g/mol. The Bertz CT molecular complexity index is 568. The number of benzene rings is 1. The molecule has 1 amide bonds. The molecular formula is C19H27NO4. The molecule has 1 aromatic carbocycles. The van der Waals surface area contributed by atoms with Crippen molar-refractivity contribution in [2.45, 2.75) is 52.0 Å². The van der Waals surface area contributed by atoms with Crippen LogP contribution in [0.25, 0.3) is 0 Å². The minimum Gasteiger partial charge on any atom is -0.494 e. The molecule has 1 fully saturated rings. The topological polar surface area (TPSA) is 66.8 Å². The third-order valence-corrected chi connectivity index (χ3v) is 4.24. The summed E-state index contributed by atoms with van der Waals surface area (Å²) in [6, 6.07) is 8.16. The van der Waals surface area contributed by atoms with Crippen molar-refractivity contribution in [3.05, 3.63) is 29.8 Å². The zero-order chi connectivity index (χ0) is 17.5. The van der Waals surface area contributed by atoms with Gasteiger partial charge in [-0.25, -0.2) is 0 Å². The first-order chi connectivity index (χ1) is 11.5. The fraction of sp³-hybridized carbons (Fsp3) is 0.579. The molecule has 0 aliphatic heterocycles. The molecular weight excluding hydrogens is 306 g/mol. The summed E-state index contributed by atoms with van der Waals surface area (Å²) >= 11 is 0. The summed E-state index contributed by atoms with van der Waals surface area (Å²) in [5.41, 5.74) is 1.16. The van der Waals surface area contributed by atoms with Gasteiger partial charge in [-0.1, -0.05) is 19.1 Å². The zero-order valence-corrected chi connectivity index (χ0v) is 14.5. The van der Waals surface area contributed by atoms with Gasteiger partial charge >= 0.3 is 5.97 Å². The molecule has 1 aromatic rings. The van der Waals surface area contributed by atoms with Crippen LogP contribution in [0.4, 0.5) is 0 Å². The number of aryl methyl sites for hydroxylation is 1. The van der Waals surface area contributed by atoms with Gasteiger partial charge in [0, 0.05) is 19.0 Å². The highest BCUT2D eigenvalue weighted by molar-refractivity contribution is 5.78. The molecule has 0 aromatic heterocycles. The lowest BCUT2D eigenvalue weighted by Gasteiger charge is -2.24. The maximum atomic E-state index is 12.4. The van der Waals surface area contributed by atoms with Gasteiger partial charge in [-0.15, -0.1) is 0 Å². The van der Waals surface area contributed by atoms with Crippen molar-refractivity contribution in [3.63, 3.8) is 0 Å². The fourth-order valence-electron chi connectivity index (χ4n) is 2.63. The molecule has 0 saturated heterocycles. The number of rotatable bonds is 10. The van der Waals surface area contributed by atoms with Crippen molar-refractivity contribution in [1.82, 2.24) is 4.90 Å². The molecule has 1 saturated carbocycles. The molecule has 0 heterocycles. The number of aliphatic carboxylic acids is 1. The first-order valence-electron chi connectivity index (χ1n) is 8.69. The molecule has 24 heavy (non-hydrogen) atoms. The van der Waals surface area contributed by atoms with Crippen LogP contribution in [-0.4, -0.2) is 41.1 Å². The number of carbonyl (C=O) groups is 2. The number of ether oxygens (including phenoxy) is 1. The van der Waals surface area contributed by atoms with E-state index in [0.717, 1.165) is 37.0 Å². The second kappa shape index (κ2) is 8.71. The summed E-state index contributed by atoms with van der Waals surface area (Å²) in [6.07, 6.45) is 4.02. The van der Waals surface area contributed by atoms with Gasteiger partial charge in [0.1, 0.15) is 5.75 Å². The lowest BCUT2D eigenvalue weighted by molar-refractivity contribution is -0.143. The molecule has 1 aliphatic carbocycles. The van der Waals surface area contributed by atoms with E-state index in [1.165, 1.54) is 0 Å². The zero-order valence-electron chi connectivity index (χ0n) is 14.5. The van der Waals surface area contributed by atoms with Crippen molar-refractivity contribution in [3.8, 4) is 5.75 Å². The van der Waals surface area contributed by atoms with Crippen LogP contribution in [0.2, 0.25) is 0 Å². The van der Waals surface area contributed by atoms with Gasteiger partial charge in [-0.2, -0.15) is 0 Å². The van der Waals surface area contributed by atoms with Crippen LogP contribution in [0.5, 0.6) is 5.75 Å². The smallest absolute Gasteiger partial charge is 0.308 e. The van der Waals surface area contributed by atoms with Crippen LogP contribution in [0.3, 0.4) is 0 Å². The van der Waals surface area contributed by atoms with Gasteiger partial charge in [0.05, 0.1) is 12.5 Å². The van der Waals surface area contributed by atoms with E-state index in [4.69, 9.17) is 9.84 Å². The van der Waals surface area contributed by atoms with Gasteiger partial charge in [-0.05, 0) is 50.3 Å². The molecule has 1 N–H and O–H groups in total. The lowest BCUT2D eigenvalue weighted by Crippen LogP contribution is -2.38. The van der Waals surface area contributed by atoms with Crippen molar-refractivity contribution in [2.75, 3.05) is 13.2 Å². The van der Waals surface area contributed by atoms with Crippen LogP contribution >= 0.6 is 0 Å². The summed E-state index contributed by atoms with van der Waals surface area (Å²) in [6.45, 7) is 4.58. The number of nitrogens with zero attached hydrogens (tertiary/aromatic N) is 1. The molecule has 5 heteroatoms. The number of unbranched alkanes of at least 4 members (excludes halogenated alkanes) is 1. The Morgan fingerprint density at radius 3 is 2.71 bits per heavy atom. The van der Waals surface area contributed by atoms with Crippen molar-refractivity contribution >= 4 is 11.9 Å². The van der Waals surface area contributed by atoms with Gasteiger partial charge in [0.15, 0.2) is 0 Å². The van der Waals surface area contributed by atoms with Crippen LogP contribution in [0.15, 0.2) is 24.3 Å². The van der Waals surface area contributed by atoms with Crippen molar-refractivity contribution in [1.29, 1.82) is 0 Å². The molecule has 1 atom stereocenters. The Kier molecular flexibility index (Phi) is 6.64. The molecule has 0 spiro atoms. The highest BCUT2D eigenvalue weighted by Gasteiger charge is 2.33. The maximum Gasteiger partial charge on any atom is 0.308 e. The first-order valence-corrected chi connectivity index (χ1v) is 8.69. The maximum absolute atomic E-state index is 12.4. The minimum atomic E-state index is -0.847. The Balaban J connectivity index is 1.68. The van der Waals surface area contributed by atoms with E-state index in [2.05, 4.69) is 0 Å². The van der Waals surface area contributed by atoms with Gasteiger partial charge < -0.3 is 14.7 Å². The van der Waals surface area contributed by atoms with Crippen LogP contribution in [-0.2, 0) is 9.59 Å². The molecule has 0 radical (unpaired) electrons. The summed E-state index contributed by atoms with van der Waals surface area (Å²) in [7, 11) is 0. The highest BCUT2D eigenvalue weighted by Crippen LogP contribution is 2.28. The molecule has 1 unspecified atom stereocenters. The van der Waals surface area contributed by atoms with Gasteiger partial charge in [0.2, 0.25) is 5.91 Å². The van der Waals surface area contributed by atoms with Gasteiger partial charge in [0.25, 0.3) is 0 Å². The molecule has 0 bridgehead atoms. The van der Waals surface area contributed by atoms with E-state index >= 15 is 0 Å². The van der Waals surface area contributed by atoms with E-state index in [-0.39, 0.29) is 11.9 Å². The summed E-state index contributed by atoms with van der Waals surface area (Å²) in [4.78, 5) is 25.1. The normalized spacial score (nSPS) is 14.9. The number of carboxylic acids is 1. The molecule has 2 rings (SSSR count). The summed E-state index contributed by atoms with van der Waals surface area (Å²) in [5, 5.41) is 9.03. The van der Waals surface area contributed by atoms with E-state index in [1.54, 1.807) is 11.8 Å². The van der Waals surface area contributed by atoms with Crippen molar-refractivity contribution in [2.24, 2.45) is 5.92 Å². The molecule has 1 aliphatic rings. The Morgan fingerprint density at radius 1 is 1.33 bits per heavy atom. The SMILES string of the molecule is Cc1cccc(OCCCCC(=O)N(CC(C)C(=O)O)C2CC2)c1. The third kappa shape index (κ3) is 5.87. The van der Waals surface area contributed by atoms with Crippen LogP contribution in [0, 0.1) is 12.8 Å². The predicted octanol–water partition coefficient (Wildman–Crippen LogP) is 3.26. The number of carbonyl (C=O) groups excluding carboxylic acids is 1. The van der Waals surface area contributed by atoms with E-state index in [0.29, 0.717) is 19.6 Å². The number of amides is 1. The first kappa shape index (κ1) is 18.3. The predicted molar refractivity (Wildman–Crippen MR) is 92.1 cm³/mol. The molecule has 5 nitrogen and oxygen atoms in total. The highest BCUT2D eigenvalue weighted by atomic mass is 16.5. The Labute approximate surface area is 143 Å². The quantitative estimate of drug-likeness (QED) is 0.667. The largest absolute Gasteiger partial charge is 0.494 e. The number of carboxylic acid groups (broad SMARTS) is 1. The van der Waals surface area contributed by atoms with Crippen molar-refractivity contribution < 1.29 is 19.4 Å². The Hall–Kier alpha value is -2.04. The average molecular weight is 333 g/mol. The second-order valence-corrected chi connectivity index (χ2v) is 6.64. The second-order valence-electron chi connectivity index (χ2n) is 6.64.